The van der Waals surface area contributed by atoms with Gasteiger partial charge in [0.25, 0.3) is 0 Å². The molecule has 1 aliphatic carbocycles. The van der Waals surface area contributed by atoms with Gasteiger partial charge < -0.3 is 10.1 Å². The average Bonchev–Trinajstić information content (AvgIpc) is 2.65. The van der Waals surface area contributed by atoms with Crippen LogP contribution in [0.1, 0.15) is 52.9 Å². The number of hydrogen-bond donors (Lipinski definition) is 1. The first-order valence-electron chi connectivity index (χ1n) is 7.04. The molecule has 1 saturated heterocycles. The van der Waals surface area contributed by atoms with Crippen LogP contribution in [-0.2, 0) is 4.74 Å². The van der Waals surface area contributed by atoms with Crippen molar-refractivity contribution in [1.82, 2.24) is 5.32 Å². The second kappa shape index (κ2) is 5.50. The Morgan fingerprint density at radius 1 is 1.19 bits per heavy atom. The van der Waals surface area contributed by atoms with Crippen molar-refractivity contribution in [3.05, 3.63) is 0 Å². The van der Waals surface area contributed by atoms with Crippen molar-refractivity contribution in [2.45, 2.75) is 71.1 Å². The molecule has 1 heterocycles. The first-order valence-corrected chi connectivity index (χ1v) is 7.04. The molecule has 1 saturated carbocycles. The molecule has 94 valence electrons. The highest BCUT2D eigenvalue weighted by Gasteiger charge is 2.29. The van der Waals surface area contributed by atoms with Crippen molar-refractivity contribution in [3.63, 3.8) is 0 Å². The average molecular weight is 225 g/mol. The van der Waals surface area contributed by atoms with Crippen LogP contribution in [0.3, 0.4) is 0 Å². The van der Waals surface area contributed by atoms with E-state index in [-0.39, 0.29) is 0 Å². The number of rotatable bonds is 3. The van der Waals surface area contributed by atoms with Gasteiger partial charge in [-0.2, -0.15) is 0 Å². The molecule has 0 aromatic carbocycles. The van der Waals surface area contributed by atoms with Gasteiger partial charge in [0.05, 0.1) is 6.10 Å². The van der Waals surface area contributed by atoms with Crippen molar-refractivity contribution < 1.29 is 4.74 Å². The van der Waals surface area contributed by atoms with Crippen LogP contribution in [0.15, 0.2) is 0 Å². The fourth-order valence-corrected chi connectivity index (χ4v) is 3.24. The van der Waals surface area contributed by atoms with Crippen LogP contribution in [0.5, 0.6) is 0 Å². The van der Waals surface area contributed by atoms with E-state index in [1.54, 1.807) is 0 Å². The summed E-state index contributed by atoms with van der Waals surface area (Å²) in [4.78, 5) is 0. The maximum Gasteiger partial charge on any atom is 0.0700 e. The summed E-state index contributed by atoms with van der Waals surface area (Å²) in [6, 6.07) is 1.35. The maximum atomic E-state index is 5.62. The molecule has 2 aliphatic rings. The van der Waals surface area contributed by atoms with Gasteiger partial charge in [-0.1, -0.05) is 26.7 Å². The molecule has 4 unspecified atom stereocenters. The Hall–Kier alpha value is -0.0800. The van der Waals surface area contributed by atoms with Crippen LogP contribution in [0.25, 0.3) is 0 Å². The van der Waals surface area contributed by atoms with E-state index in [1.165, 1.54) is 32.1 Å². The molecule has 16 heavy (non-hydrogen) atoms. The Labute approximate surface area is 100 Å². The molecule has 0 radical (unpaired) electrons. The van der Waals surface area contributed by atoms with E-state index in [0.29, 0.717) is 12.1 Å². The Kier molecular flexibility index (Phi) is 4.26. The van der Waals surface area contributed by atoms with E-state index >= 15 is 0 Å². The smallest absolute Gasteiger partial charge is 0.0700 e. The zero-order chi connectivity index (χ0) is 11.5. The zero-order valence-electron chi connectivity index (χ0n) is 11.0. The van der Waals surface area contributed by atoms with Crippen LogP contribution in [0.2, 0.25) is 0 Å². The highest BCUT2D eigenvalue weighted by atomic mass is 16.5. The van der Waals surface area contributed by atoms with Crippen molar-refractivity contribution >= 4 is 0 Å². The van der Waals surface area contributed by atoms with Crippen molar-refractivity contribution in [2.24, 2.45) is 11.8 Å². The molecule has 0 aromatic rings. The fourth-order valence-electron chi connectivity index (χ4n) is 3.24. The first kappa shape index (κ1) is 12.4. The lowest BCUT2D eigenvalue weighted by Crippen LogP contribution is -2.44. The molecule has 1 N–H and O–H groups in total. The van der Waals surface area contributed by atoms with E-state index in [4.69, 9.17) is 4.74 Å². The summed E-state index contributed by atoms with van der Waals surface area (Å²) in [7, 11) is 0. The van der Waals surface area contributed by atoms with Crippen LogP contribution in [-0.4, -0.2) is 24.8 Å². The molecule has 2 rings (SSSR count). The quantitative estimate of drug-likeness (QED) is 0.797. The molecular formula is C14H27NO. The second-order valence-electron chi connectivity index (χ2n) is 6.01. The van der Waals surface area contributed by atoms with Gasteiger partial charge >= 0.3 is 0 Å². The number of ether oxygens (including phenoxy) is 1. The molecule has 2 nitrogen and oxygen atoms in total. The lowest BCUT2D eigenvalue weighted by atomic mass is 9.79. The predicted octanol–water partition coefficient (Wildman–Crippen LogP) is 2.97. The van der Waals surface area contributed by atoms with Gasteiger partial charge in [0.2, 0.25) is 0 Å². The van der Waals surface area contributed by atoms with Gasteiger partial charge in [0, 0.05) is 18.7 Å². The normalized spacial score (nSPS) is 40.5. The summed E-state index contributed by atoms with van der Waals surface area (Å²) >= 11 is 0. The van der Waals surface area contributed by atoms with E-state index in [9.17, 15) is 0 Å². The predicted molar refractivity (Wildman–Crippen MR) is 67.5 cm³/mol. The lowest BCUT2D eigenvalue weighted by Gasteiger charge is -2.34. The molecule has 0 aromatic heterocycles. The minimum absolute atomic E-state index is 0.416. The number of nitrogens with one attached hydrogen (secondary N) is 1. The second-order valence-corrected chi connectivity index (χ2v) is 6.01. The van der Waals surface area contributed by atoms with E-state index in [0.717, 1.165) is 24.5 Å². The lowest BCUT2D eigenvalue weighted by molar-refractivity contribution is 0.106. The molecule has 2 fully saturated rings. The summed E-state index contributed by atoms with van der Waals surface area (Å²) in [6.45, 7) is 7.88. The van der Waals surface area contributed by atoms with Crippen LogP contribution >= 0.6 is 0 Å². The van der Waals surface area contributed by atoms with Gasteiger partial charge in [-0.15, -0.1) is 0 Å². The summed E-state index contributed by atoms with van der Waals surface area (Å²) in [5.74, 6) is 1.78. The molecule has 1 aliphatic heterocycles. The Morgan fingerprint density at radius 2 is 2.00 bits per heavy atom. The third kappa shape index (κ3) is 2.98. The van der Waals surface area contributed by atoms with Crippen LogP contribution < -0.4 is 5.32 Å². The van der Waals surface area contributed by atoms with E-state index < -0.39 is 0 Å². The minimum Gasteiger partial charge on any atom is -0.377 e. The molecule has 0 amide bonds. The number of hydrogen-bond acceptors (Lipinski definition) is 2. The molecular weight excluding hydrogens is 198 g/mol. The Balaban J connectivity index is 1.80. The highest BCUT2D eigenvalue weighted by molar-refractivity contribution is 4.86. The third-order valence-corrected chi connectivity index (χ3v) is 4.48. The van der Waals surface area contributed by atoms with Crippen molar-refractivity contribution in [1.29, 1.82) is 0 Å². The molecule has 0 bridgehead atoms. The van der Waals surface area contributed by atoms with Gasteiger partial charge in [-0.25, -0.2) is 0 Å². The third-order valence-electron chi connectivity index (χ3n) is 4.48. The fraction of sp³-hybridized carbons (Fsp3) is 1.00. The van der Waals surface area contributed by atoms with E-state index in [1.807, 2.05) is 0 Å². The van der Waals surface area contributed by atoms with E-state index in [2.05, 4.69) is 26.1 Å². The van der Waals surface area contributed by atoms with Gasteiger partial charge in [-0.3, -0.25) is 0 Å². The van der Waals surface area contributed by atoms with Gasteiger partial charge in [-0.05, 0) is 38.0 Å². The minimum atomic E-state index is 0.416. The van der Waals surface area contributed by atoms with Gasteiger partial charge in [0.15, 0.2) is 0 Å². The summed E-state index contributed by atoms with van der Waals surface area (Å²) in [6.07, 6.45) is 7.20. The summed E-state index contributed by atoms with van der Waals surface area (Å²) in [5.41, 5.74) is 0. The SMILES string of the molecule is CC(C)C1CCCC(NC2CCOC2C)C1. The summed E-state index contributed by atoms with van der Waals surface area (Å²) < 4.78 is 5.62. The topological polar surface area (TPSA) is 21.3 Å². The van der Waals surface area contributed by atoms with Gasteiger partial charge in [0.1, 0.15) is 0 Å². The van der Waals surface area contributed by atoms with Crippen molar-refractivity contribution in [3.8, 4) is 0 Å². The Morgan fingerprint density at radius 3 is 2.62 bits per heavy atom. The monoisotopic (exact) mass is 225 g/mol. The van der Waals surface area contributed by atoms with Crippen LogP contribution in [0, 0.1) is 11.8 Å². The molecule has 4 atom stereocenters. The standard InChI is InChI=1S/C14H27NO/c1-10(2)12-5-4-6-13(9-12)15-14-7-8-16-11(14)3/h10-15H,4-9H2,1-3H3. The first-order chi connectivity index (χ1) is 7.66. The Bertz CT molecular complexity index is 217. The highest BCUT2D eigenvalue weighted by Crippen LogP contribution is 2.30. The van der Waals surface area contributed by atoms with Crippen LogP contribution in [0.4, 0.5) is 0 Å². The summed E-state index contributed by atoms with van der Waals surface area (Å²) in [5, 5.41) is 3.83. The van der Waals surface area contributed by atoms with Crippen molar-refractivity contribution in [2.75, 3.05) is 6.61 Å². The molecule has 2 heteroatoms. The molecule has 0 spiro atoms. The largest absolute Gasteiger partial charge is 0.377 e. The maximum absolute atomic E-state index is 5.62. The zero-order valence-corrected chi connectivity index (χ0v) is 11.0.